The second-order valence-corrected chi connectivity index (χ2v) is 8.21. The number of carbonyl (C=O) groups is 2. The molecule has 2 aromatic carbocycles. The third-order valence-corrected chi connectivity index (χ3v) is 6.33. The van der Waals surface area contributed by atoms with E-state index in [-0.39, 0.29) is 11.9 Å². The zero-order chi connectivity index (χ0) is 19.5. The van der Waals surface area contributed by atoms with Gasteiger partial charge in [-0.25, -0.2) is 4.98 Å². The number of nitrogens with one attached hydrogen (secondary N) is 2. The molecule has 6 nitrogen and oxygen atoms in total. The highest BCUT2D eigenvalue weighted by molar-refractivity contribution is 7.18. The van der Waals surface area contributed by atoms with E-state index in [2.05, 4.69) is 11.4 Å². The largest absolute Gasteiger partial charge is 0.366 e. The number of nitrogens with zero attached hydrogens (tertiary/aromatic N) is 1. The monoisotopic (exact) mass is 395 g/mol. The third kappa shape index (κ3) is 4.05. The number of carbonyl (C=O) groups excluding carboxylic acids is 2. The summed E-state index contributed by atoms with van der Waals surface area (Å²) >= 11 is 1.74. The highest BCUT2D eigenvalue weighted by Crippen LogP contribution is 2.28. The fraction of sp³-hybridized carbons (Fsp3) is 0.286. The maximum atomic E-state index is 12.6. The molecule has 1 saturated heterocycles. The van der Waals surface area contributed by atoms with Crippen LogP contribution in [-0.4, -0.2) is 29.9 Å². The van der Waals surface area contributed by atoms with Crippen molar-refractivity contribution in [2.75, 3.05) is 18.4 Å². The average molecular weight is 396 g/mol. The van der Waals surface area contributed by atoms with Gasteiger partial charge in [-0.3, -0.25) is 9.59 Å². The molecule has 4 rings (SSSR count). The minimum absolute atomic E-state index is 0.0326. The van der Waals surface area contributed by atoms with Gasteiger partial charge in [0.15, 0.2) is 11.6 Å². The highest BCUT2D eigenvalue weighted by Gasteiger charge is 2.31. The van der Waals surface area contributed by atoms with Crippen LogP contribution in [-0.2, 0) is 4.79 Å². The standard InChI is InChI=1S/C21H22N4O2S/c22-20(27)14-8-10-15(11-9-14)23-19(26)13-25-12-4-3-6-17(25)21-24-16-5-1-2-7-18(16)28-21/h1-2,5,7-11,17H,3-4,6,12-13H2,(H2,22,27)(H,23,26)/p+1/t17-/m1/s1. The molecule has 7 heteroatoms. The number of aromatic nitrogens is 1. The first-order valence-electron chi connectivity index (χ1n) is 9.50. The van der Waals surface area contributed by atoms with Gasteiger partial charge in [-0.15, -0.1) is 11.3 Å². The number of anilines is 1. The molecule has 144 valence electrons. The molecule has 2 amide bonds. The lowest BCUT2D eigenvalue weighted by molar-refractivity contribution is -0.929. The number of nitrogens with two attached hydrogens (primary N) is 1. The fourth-order valence-corrected chi connectivity index (χ4v) is 4.92. The van der Waals surface area contributed by atoms with Crippen molar-refractivity contribution in [2.45, 2.75) is 25.3 Å². The van der Waals surface area contributed by atoms with Crippen LogP contribution in [0.25, 0.3) is 10.2 Å². The maximum Gasteiger partial charge on any atom is 0.279 e. The zero-order valence-electron chi connectivity index (χ0n) is 15.5. The van der Waals surface area contributed by atoms with Crippen LogP contribution in [0.1, 0.15) is 40.7 Å². The van der Waals surface area contributed by atoms with E-state index in [0.717, 1.165) is 29.9 Å². The van der Waals surface area contributed by atoms with E-state index in [1.807, 2.05) is 18.2 Å². The predicted molar refractivity (Wildman–Crippen MR) is 110 cm³/mol. The lowest BCUT2D eigenvalue weighted by Gasteiger charge is -2.30. The fourth-order valence-electron chi connectivity index (χ4n) is 3.76. The Labute approximate surface area is 167 Å². The minimum Gasteiger partial charge on any atom is -0.366 e. The number of piperidine rings is 1. The number of amides is 2. The van der Waals surface area contributed by atoms with Crippen LogP contribution in [0.15, 0.2) is 48.5 Å². The lowest BCUT2D eigenvalue weighted by atomic mass is 10.0. The quantitative estimate of drug-likeness (QED) is 0.618. The number of rotatable bonds is 5. The number of thiazole rings is 1. The van der Waals surface area contributed by atoms with Gasteiger partial charge in [-0.1, -0.05) is 12.1 Å². The Morgan fingerprint density at radius 3 is 2.68 bits per heavy atom. The van der Waals surface area contributed by atoms with Crippen LogP contribution in [0, 0.1) is 0 Å². The lowest BCUT2D eigenvalue weighted by Crippen LogP contribution is -3.14. The molecule has 2 atom stereocenters. The van der Waals surface area contributed by atoms with Gasteiger partial charge in [0.1, 0.15) is 6.04 Å². The van der Waals surface area contributed by atoms with Gasteiger partial charge in [0, 0.05) is 17.7 Å². The van der Waals surface area contributed by atoms with Crippen LogP contribution < -0.4 is 16.0 Å². The van der Waals surface area contributed by atoms with Gasteiger partial charge in [0.25, 0.3) is 5.91 Å². The Morgan fingerprint density at radius 1 is 1.14 bits per heavy atom. The Bertz CT molecular complexity index is 966. The van der Waals surface area contributed by atoms with E-state index >= 15 is 0 Å². The Hall–Kier alpha value is -2.77. The molecule has 0 bridgehead atoms. The van der Waals surface area contributed by atoms with E-state index in [0.29, 0.717) is 17.8 Å². The normalized spacial score (nSPS) is 19.4. The summed E-state index contributed by atoms with van der Waals surface area (Å²) in [6.07, 6.45) is 3.34. The molecule has 1 aliphatic rings. The van der Waals surface area contributed by atoms with Crippen molar-refractivity contribution < 1.29 is 14.5 Å². The van der Waals surface area contributed by atoms with Crippen LogP contribution in [0.2, 0.25) is 0 Å². The van der Waals surface area contributed by atoms with Crippen LogP contribution in [0.5, 0.6) is 0 Å². The summed E-state index contributed by atoms with van der Waals surface area (Å²) in [7, 11) is 0. The molecular weight excluding hydrogens is 372 g/mol. The first-order chi connectivity index (χ1) is 13.6. The molecule has 0 saturated carbocycles. The molecule has 28 heavy (non-hydrogen) atoms. The minimum atomic E-state index is -0.477. The highest BCUT2D eigenvalue weighted by atomic mass is 32.1. The average Bonchev–Trinajstić information content (AvgIpc) is 3.12. The molecule has 0 radical (unpaired) electrons. The van der Waals surface area contributed by atoms with Gasteiger partial charge < -0.3 is 16.0 Å². The summed E-state index contributed by atoms with van der Waals surface area (Å²) in [4.78, 5) is 29.9. The van der Waals surface area contributed by atoms with Gasteiger partial charge in [-0.05, 0) is 49.2 Å². The summed E-state index contributed by atoms with van der Waals surface area (Å²) in [6, 6.07) is 15.1. The second-order valence-electron chi connectivity index (χ2n) is 7.14. The molecule has 4 N–H and O–H groups in total. The number of likely N-dealkylation sites (tertiary alicyclic amines) is 1. The predicted octanol–water partition coefficient (Wildman–Crippen LogP) is 2.14. The molecule has 3 aromatic rings. The van der Waals surface area contributed by atoms with Crippen molar-refractivity contribution in [1.82, 2.24) is 4.98 Å². The number of para-hydroxylation sites is 1. The maximum absolute atomic E-state index is 12.6. The van der Waals surface area contributed by atoms with Crippen molar-refractivity contribution in [3.8, 4) is 0 Å². The molecule has 0 spiro atoms. The SMILES string of the molecule is NC(=O)c1ccc(NC(=O)C[NH+]2CCCC[C@@H]2c2nc3ccccc3s2)cc1. The zero-order valence-corrected chi connectivity index (χ0v) is 16.3. The van der Waals surface area contributed by atoms with E-state index < -0.39 is 5.91 Å². The van der Waals surface area contributed by atoms with Crippen LogP contribution in [0.3, 0.4) is 0 Å². The Balaban J connectivity index is 1.45. The van der Waals surface area contributed by atoms with Gasteiger partial charge >= 0.3 is 0 Å². The first kappa shape index (κ1) is 18.6. The van der Waals surface area contributed by atoms with Crippen molar-refractivity contribution >= 4 is 39.1 Å². The van der Waals surface area contributed by atoms with Crippen LogP contribution >= 0.6 is 11.3 Å². The molecule has 1 aromatic heterocycles. The Morgan fingerprint density at radius 2 is 1.93 bits per heavy atom. The molecule has 0 aliphatic carbocycles. The Kier molecular flexibility index (Phi) is 5.36. The number of fused-ring (bicyclic) bond motifs is 1. The number of primary amides is 1. The molecular formula is C21H23N4O2S+. The number of quaternary nitrogens is 1. The molecule has 1 fully saturated rings. The second kappa shape index (κ2) is 8.08. The van der Waals surface area contributed by atoms with E-state index in [4.69, 9.17) is 10.7 Å². The third-order valence-electron chi connectivity index (χ3n) is 5.18. The van der Waals surface area contributed by atoms with Gasteiger partial charge in [-0.2, -0.15) is 0 Å². The van der Waals surface area contributed by atoms with Crippen molar-refractivity contribution in [2.24, 2.45) is 5.73 Å². The van der Waals surface area contributed by atoms with E-state index in [1.165, 1.54) is 16.0 Å². The summed E-state index contributed by atoms with van der Waals surface area (Å²) in [6.45, 7) is 1.37. The van der Waals surface area contributed by atoms with Crippen molar-refractivity contribution in [3.05, 3.63) is 59.1 Å². The van der Waals surface area contributed by atoms with E-state index in [9.17, 15) is 9.59 Å². The number of hydrogen-bond donors (Lipinski definition) is 3. The summed E-state index contributed by atoms with van der Waals surface area (Å²) in [5.74, 6) is -0.510. The van der Waals surface area contributed by atoms with Crippen molar-refractivity contribution in [1.29, 1.82) is 0 Å². The topological polar surface area (TPSA) is 89.5 Å². The number of benzene rings is 2. The first-order valence-corrected chi connectivity index (χ1v) is 10.3. The summed E-state index contributed by atoms with van der Waals surface area (Å²) in [5.41, 5.74) is 7.38. The summed E-state index contributed by atoms with van der Waals surface area (Å²) in [5, 5.41) is 4.04. The molecule has 1 unspecified atom stereocenters. The van der Waals surface area contributed by atoms with Gasteiger partial charge in [0.2, 0.25) is 5.91 Å². The smallest absolute Gasteiger partial charge is 0.279 e. The summed E-state index contributed by atoms with van der Waals surface area (Å²) < 4.78 is 1.20. The van der Waals surface area contributed by atoms with E-state index in [1.54, 1.807) is 35.6 Å². The molecule has 1 aliphatic heterocycles. The number of hydrogen-bond acceptors (Lipinski definition) is 4. The van der Waals surface area contributed by atoms with Crippen LogP contribution in [0.4, 0.5) is 5.69 Å². The molecule has 2 heterocycles. The van der Waals surface area contributed by atoms with Gasteiger partial charge in [0.05, 0.1) is 16.8 Å². The van der Waals surface area contributed by atoms with Crippen molar-refractivity contribution in [3.63, 3.8) is 0 Å².